The fourth-order valence-corrected chi connectivity index (χ4v) is 2.64. The molecule has 0 fully saturated rings. The molecule has 0 spiro atoms. The summed E-state index contributed by atoms with van der Waals surface area (Å²) in [7, 11) is 0. The van der Waals surface area contributed by atoms with Crippen molar-refractivity contribution in [2.45, 2.75) is 6.54 Å². The first-order valence-electron chi connectivity index (χ1n) is 6.75. The van der Waals surface area contributed by atoms with Crippen LogP contribution in [-0.2, 0) is 6.54 Å². The lowest BCUT2D eigenvalue weighted by molar-refractivity contribution is 0.0951. The summed E-state index contributed by atoms with van der Waals surface area (Å²) < 4.78 is 11.0. The second-order valence-electron chi connectivity index (χ2n) is 4.78. The van der Waals surface area contributed by atoms with E-state index in [9.17, 15) is 4.79 Å². The van der Waals surface area contributed by atoms with Crippen molar-refractivity contribution in [1.29, 1.82) is 0 Å². The van der Waals surface area contributed by atoms with E-state index < -0.39 is 0 Å². The third kappa shape index (κ3) is 3.29. The molecule has 4 nitrogen and oxygen atoms in total. The van der Waals surface area contributed by atoms with Gasteiger partial charge in [-0.25, -0.2) is 0 Å². The predicted octanol–water partition coefficient (Wildman–Crippen LogP) is 3.69. The van der Waals surface area contributed by atoms with Crippen LogP contribution in [0.1, 0.15) is 15.9 Å². The molecule has 6 heteroatoms. The average molecular weight is 338 g/mol. The summed E-state index contributed by atoms with van der Waals surface area (Å²) in [5.41, 5.74) is 1.31. The molecular weight excluding hydrogens is 325 g/mol. The Morgan fingerprint density at radius 1 is 1.05 bits per heavy atom. The Kier molecular flexibility index (Phi) is 4.41. The van der Waals surface area contributed by atoms with Crippen molar-refractivity contribution in [3.05, 3.63) is 57.6 Å². The van der Waals surface area contributed by atoms with E-state index in [0.717, 1.165) is 11.3 Å². The van der Waals surface area contributed by atoms with Crippen LogP contribution in [0.4, 0.5) is 0 Å². The first kappa shape index (κ1) is 15.0. The van der Waals surface area contributed by atoms with E-state index in [0.29, 0.717) is 41.1 Å². The number of fused-ring (bicyclic) bond motifs is 1. The Bertz CT molecular complexity index is 719. The molecule has 3 rings (SSSR count). The summed E-state index contributed by atoms with van der Waals surface area (Å²) in [5.74, 6) is 1.17. The highest BCUT2D eigenvalue weighted by Crippen LogP contribution is 2.30. The van der Waals surface area contributed by atoms with Crippen LogP contribution in [0.15, 0.2) is 36.4 Å². The summed E-state index contributed by atoms with van der Waals surface area (Å²) in [6, 6.07) is 10.4. The Hall–Kier alpha value is -1.91. The number of benzene rings is 2. The molecule has 1 N–H and O–H groups in total. The van der Waals surface area contributed by atoms with Gasteiger partial charge < -0.3 is 14.8 Å². The molecule has 0 saturated carbocycles. The van der Waals surface area contributed by atoms with E-state index in [2.05, 4.69) is 5.32 Å². The van der Waals surface area contributed by atoms with Crippen LogP contribution in [0, 0.1) is 0 Å². The Balaban J connectivity index is 1.68. The number of rotatable bonds is 3. The van der Waals surface area contributed by atoms with Gasteiger partial charge in [0.05, 0.1) is 10.6 Å². The Labute approximate surface area is 137 Å². The highest BCUT2D eigenvalue weighted by atomic mass is 35.5. The molecule has 0 aliphatic carbocycles. The van der Waals surface area contributed by atoms with Crippen molar-refractivity contribution in [2.24, 2.45) is 0 Å². The van der Waals surface area contributed by atoms with E-state index in [1.54, 1.807) is 18.2 Å². The SMILES string of the molecule is O=C(NCc1ccc2c(c1)OCCO2)c1ccc(Cl)cc1Cl. The molecule has 0 bridgehead atoms. The van der Waals surface area contributed by atoms with Gasteiger partial charge in [-0.05, 0) is 35.9 Å². The van der Waals surface area contributed by atoms with Gasteiger partial charge in [-0.2, -0.15) is 0 Å². The molecule has 0 aromatic heterocycles. The molecular formula is C16H13Cl2NO3. The zero-order valence-electron chi connectivity index (χ0n) is 11.6. The third-order valence-corrected chi connectivity index (χ3v) is 3.78. The second kappa shape index (κ2) is 6.46. The fraction of sp³-hybridized carbons (Fsp3) is 0.188. The van der Waals surface area contributed by atoms with Crippen molar-refractivity contribution in [1.82, 2.24) is 5.32 Å². The maximum absolute atomic E-state index is 12.1. The van der Waals surface area contributed by atoms with Crippen LogP contribution in [0.25, 0.3) is 0 Å². The largest absolute Gasteiger partial charge is 0.486 e. The standard InChI is InChI=1S/C16H13Cl2NO3/c17-11-2-3-12(13(18)8-11)16(20)19-9-10-1-4-14-15(7-10)22-6-5-21-14/h1-4,7-8H,5-6,9H2,(H,19,20). The van der Waals surface area contributed by atoms with E-state index in [1.807, 2.05) is 18.2 Å². The summed E-state index contributed by atoms with van der Waals surface area (Å²) in [6.07, 6.45) is 0. The quantitative estimate of drug-likeness (QED) is 0.928. The molecule has 1 heterocycles. The minimum absolute atomic E-state index is 0.253. The van der Waals surface area contributed by atoms with Crippen molar-refractivity contribution in [3.8, 4) is 11.5 Å². The fourth-order valence-electron chi connectivity index (χ4n) is 2.15. The van der Waals surface area contributed by atoms with Crippen molar-refractivity contribution in [3.63, 3.8) is 0 Å². The zero-order valence-corrected chi connectivity index (χ0v) is 13.1. The number of nitrogens with one attached hydrogen (secondary N) is 1. The average Bonchev–Trinajstić information content (AvgIpc) is 2.52. The molecule has 2 aromatic carbocycles. The van der Waals surface area contributed by atoms with Crippen molar-refractivity contribution in [2.75, 3.05) is 13.2 Å². The first-order valence-corrected chi connectivity index (χ1v) is 7.51. The van der Waals surface area contributed by atoms with E-state index in [4.69, 9.17) is 32.7 Å². The molecule has 1 aliphatic rings. The molecule has 0 atom stereocenters. The first-order chi connectivity index (χ1) is 10.6. The number of halogens is 2. The smallest absolute Gasteiger partial charge is 0.253 e. The van der Waals surface area contributed by atoms with Crippen LogP contribution < -0.4 is 14.8 Å². The monoisotopic (exact) mass is 337 g/mol. The predicted molar refractivity (Wildman–Crippen MR) is 85.1 cm³/mol. The molecule has 1 aliphatic heterocycles. The van der Waals surface area contributed by atoms with Crippen LogP contribution in [-0.4, -0.2) is 19.1 Å². The lowest BCUT2D eigenvalue weighted by atomic mass is 10.1. The summed E-state index contributed by atoms with van der Waals surface area (Å²) in [4.78, 5) is 12.1. The van der Waals surface area contributed by atoms with Gasteiger partial charge in [0.15, 0.2) is 11.5 Å². The van der Waals surface area contributed by atoms with Crippen molar-refractivity contribution < 1.29 is 14.3 Å². The lowest BCUT2D eigenvalue weighted by Crippen LogP contribution is -2.23. The highest BCUT2D eigenvalue weighted by molar-refractivity contribution is 6.36. The van der Waals surface area contributed by atoms with Crippen LogP contribution in [0.5, 0.6) is 11.5 Å². The second-order valence-corrected chi connectivity index (χ2v) is 5.63. The van der Waals surface area contributed by atoms with Gasteiger partial charge >= 0.3 is 0 Å². The number of carbonyl (C=O) groups excluding carboxylic acids is 1. The van der Waals surface area contributed by atoms with E-state index >= 15 is 0 Å². The van der Waals surface area contributed by atoms with Gasteiger partial charge in [-0.1, -0.05) is 29.3 Å². The minimum Gasteiger partial charge on any atom is -0.486 e. The van der Waals surface area contributed by atoms with Crippen LogP contribution >= 0.6 is 23.2 Å². The van der Waals surface area contributed by atoms with Gasteiger partial charge in [-0.3, -0.25) is 4.79 Å². The number of ether oxygens (including phenoxy) is 2. The molecule has 1 amide bonds. The molecule has 2 aromatic rings. The van der Waals surface area contributed by atoms with Gasteiger partial charge in [0.1, 0.15) is 13.2 Å². The summed E-state index contributed by atoms with van der Waals surface area (Å²) >= 11 is 11.8. The molecule has 0 saturated heterocycles. The minimum atomic E-state index is -0.253. The molecule has 114 valence electrons. The summed E-state index contributed by atoms with van der Waals surface area (Å²) in [5, 5.41) is 3.64. The van der Waals surface area contributed by atoms with Gasteiger partial charge in [0, 0.05) is 11.6 Å². The number of hydrogen-bond donors (Lipinski definition) is 1. The van der Waals surface area contributed by atoms with Crippen LogP contribution in [0.2, 0.25) is 10.0 Å². The Morgan fingerprint density at radius 3 is 2.59 bits per heavy atom. The lowest BCUT2D eigenvalue weighted by Gasteiger charge is -2.19. The third-order valence-electron chi connectivity index (χ3n) is 3.24. The van der Waals surface area contributed by atoms with Crippen molar-refractivity contribution >= 4 is 29.1 Å². The van der Waals surface area contributed by atoms with E-state index in [-0.39, 0.29) is 5.91 Å². The van der Waals surface area contributed by atoms with E-state index in [1.165, 1.54) is 0 Å². The maximum atomic E-state index is 12.1. The topological polar surface area (TPSA) is 47.6 Å². The van der Waals surface area contributed by atoms with Gasteiger partial charge in [0.25, 0.3) is 5.91 Å². The van der Waals surface area contributed by atoms with Gasteiger partial charge in [-0.15, -0.1) is 0 Å². The van der Waals surface area contributed by atoms with Crippen LogP contribution in [0.3, 0.4) is 0 Å². The molecule has 22 heavy (non-hydrogen) atoms. The Morgan fingerprint density at radius 2 is 1.82 bits per heavy atom. The number of hydrogen-bond acceptors (Lipinski definition) is 3. The zero-order chi connectivity index (χ0) is 15.5. The number of amides is 1. The molecule has 0 unspecified atom stereocenters. The van der Waals surface area contributed by atoms with Gasteiger partial charge in [0.2, 0.25) is 0 Å². The summed E-state index contributed by atoms with van der Waals surface area (Å²) in [6.45, 7) is 1.45. The highest BCUT2D eigenvalue weighted by Gasteiger charge is 2.13. The maximum Gasteiger partial charge on any atom is 0.253 e. The molecule has 0 radical (unpaired) electrons. The normalized spacial score (nSPS) is 12.8. The number of carbonyl (C=O) groups is 1.